The van der Waals surface area contributed by atoms with Crippen molar-refractivity contribution in [3.63, 3.8) is 0 Å². The molecule has 0 saturated carbocycles. The van der Waals surface area contributed by atoms with Crippen molar-refractivity contribution in [3.8, 4) is 5.75 Å². The van der Waals surface area contributed by atoms with Gasteiger partial charge in [0.15, 0.2) is 0 Å². The number of fused-ring (bicyclic) bond motifs is 3. The van der Waals surface area contributed by atoms with Crippen LogP contribution < -0.4 is 10.1 Å². The summed E-state index contributed by atoms with van der Waals surface area (Å²) in [6, 6.07) is 9.90. The van der Waals surface area contributed by atoms with Gasteiger partial charge in [-0.3, -0.25) is 4.79 Å². The van der Waals surface area contributed by atoms with Gasteiger partial charge in [0.1, 0.15) is 17.1 Å². The van der Waals surface area contributed by atoms with Crippen molar-refractivity contribution in [1.82, 2.24) is 0 Å². The number of furan rings is 1. The minimum absolute atomic E-state index is 0.152. The quantitative estimate of drug-likeness (QED) is 0.559. The van der Waals surface area contributed by atoms with Gasteiger partial charge in [-0.15, -0.1) is 0 Å². The summed E-state index contributed by atoms with van der Waals surface area (Å²) in [5, 5.41) is 4.08. The number of benzene rings is 2. The third-order valence-corrected chi connectivity index (χ3v) is 5.72. The van der Waals surface area contributed by atoms with Gasteiger partial charge < -0.3 is 14.5 Å². The molecule has 4 nitrogen and oxygen atoms in total. The summed E-state index contributed by atoms with van der Waals surface area (Å²) >= 11 is 0. The molecule has 1 heterocycles. The van der Waals surface area contributed by atoms with Gasteiger partial charge in [-0.2, -0.15) is 0 Å². The maximum Gasteiger partial charge on any atom is 0.248 e. The Morgan fingerprint density at radius 2 is 1.86 bits per heavy atom. The highest BCUT2D eigenvalue weighted by atomic mass is 16.5. The lowest BCUT2D eigenvalue weighted by Gasteiger charge is -2.13. The van der Waals surface area contributed by atoms with Crippen molar-refractivity contribution in [1.29, 1.82) is 0 Å². The fourth-order valence-electron chi connectivity index (χ4n) is 4.18. The van der Waals surface area contributed by atoms with E-state index in [2.05, 4.69) is 11.4 Å². The zero-order valence-electron chi connectivity index (χ0n) is 17.5. The third kappa shape index (κ3) is 3.67. The van der Waals surface area contributed by atoms with Crippen LogP contribution in [-0.2, 0) is 17.6 Å². The minimum atomic E-state index is -0.152. The van der Waals surface area contributed by atoms with Crippen LogP contribution in [0.5, 0.6) is 5.75 Å². The first kappa shape index (κ1) is 19.3. The minimum Gasteiger partial charge on any atom is -0.496 e. The second-order valence-electron chi connectivity index (χ2n) is 7.85. The monoisotopic (exact) mass is 389 g/mol. The predicted octanol–water partition coefficient (Wildman–Crippen LogP) is 5.98. The van der Waals surface area contributed by atoms with Gasteiger partial charge in [0, 0.05) is 40.3 Å². The molecule has 0 atom stereocenters. The Balaban J connectivity index is 1.72. The molecule has 0 saturated heterocycles. The first-order valence-corrected chi connectivity index (χ1v) is 10.2. The second-order valence-corrected chi connectivity index (χ2v) is 7.85. The lowest BCUT2D eigenvalue weighted by atomic mass is 9.93. The van der Waals surface area contributed by atoms with Gasteiger partial charge in [0.05, 0.1) is 7.11 Å². The Morgan fingerprint density at radius 1 is 1.14 bits per heavy atom. The summed E-state index contributed by atoms with van der Waals surface area (Å²) in [5.41, 5.74) is 6.96. The molecule has 0 radical (unpaired) electrons. The summed E-state index contributed by atoms with van der Waals surface area (Å²) in [6.07, 6.45) is 6.04. The number of amides is 1. The van der Waals surface area contributed by atoms with Gasteiger partial charge in [0.25, 0.3) is 0 Å². The van der Waals surface area contributed by atoms with Crippen LogP contribution in [0.3, 0.4) is 0 Å². The largest absolute Gasteiger partial charge is 0.496 e. The van der Waals surface area contributed by atoms with Crippen molar-refractivity contribution >= 4 is 28.1 Å². The summed E-state index contributed by atoms with van der Waals surface area (Å²) in [7, 11) is 1.67. The predicted molar refractivity (Wildman–Crippen MR) is 118 cm³/mol. The van der Waals surface area contributed by atoms with Crippen LogP contribution in [0.15, 0.2) is 40.8 Å². The Hall–Kier alpha value is -3.01. The molecular formula is C25H27NO3. The molecule has 1 amide bonds. The fourth-order valence-corrected chi connectivity index (χ4v) is 4.18. The van der Waals surface area contributed by atoms with Gasteiger partial charge in [0.2, 0.25) is 5.91 Å². The Labute approximate surface area is 171 Å². The van der Waals surface area contributed by atoms with Gasteiger partial charge in [-0.05, 0) is 63.8 Å². The van der Waals surface area contributed by atoms with E-state index < -0.39 is 0 Å². The van der Waals surface area contributed by atoms with Crippen molar-refractivity contribution in [2.24, 2.45) is 0 Å². The zero-order valence-corrected chi connectivity index (χ0v) is 17.5. The van der Waals surface area contributed by atoms with Crippen molar-refractivity contribution in [3.05, 3.63) is 64.4 Å². The number of anilines is 1. The molecule has 4 heteroatoms. The van der Waals surface area contributed by atoms with Crippen LogP contribution in [0.25, 0.3) is 16.5 Å². The third-order valence-electron chi connectivity index (χ3n) is 5.72. The molecule has 29 heavy (non-hydrogen) atoms. The Kier molecular flexibility index (Phi) is 5.18. The van der Waals surface area contributed by atoms with Crippen LogP contribution in [0.2, 0.25) is 0 Å². The smallest absolute Gasteiger partial charge is 0.248 e. The summed E-state index contributed by atoms with van der Waals surface area (Å²) in [5.74, 6) is 1.72. The zero-order chi connectivity index (χ0) is 20.5. The molecule has 1 aliphatic rings. The molecule has 0 unspecified atom stereocenters. The SMILES string of the molecule is COc1c(/C(C)=C/C(=O)Nc2ccc(C)cc2)cc2c3c(oc2c1C)CCCC3. The second kappa shape index (κ2) is 7.78. The molecule has 0 bridgehead atoms. The van der Waals surface area contributed by atoms with E-state index in [0.29, 0.717) is 0 Å². The van der Waals surface area contributed by atoms with Crippen LogP contribution >= 0.6 is 0 Å². The molecule has 0 aliphatic heterocycles. The number of carbonyl (C=O) groups is 1. The highest BCUT2D eigenvalue weighted by molar-refractivity contribution is 6.05. The van der Waals surface area contributed by atoms with E-state index in [1.54, 1.807) is 13.2 Å². The van der Waals surface area contributed by atoms with E-state index in [1.807, 2.05) is 45.0 Å². The molecule has 4 rings (SSSR count). The maximum absolute atomic E-state index is 12.6. The number of hydrogen-bond acceptors (Lipinski definition) is 3. The number of aryl methyl sites for hydroxylation is 4. The van der Waals surface area contributed by atoms with Gasteiger partial charge in [-0.1, -0.05) is 17.7 Å². The number of rotatable bonds is 4. The summed E-state index contributed by atoms with van der Waals surface area (Å²) < 4.78 is 11.9. The molecular weight excluding hydrogens is 362 g/mol. The molecule has 1 N–H and O–H groups in total. The van der Waals surface area contributed by atoms with E-state index in [-0.39, 0.29) is 5.91 Å². The Morgan fingerprint density at radius 3 is 2.59 bits per heavy atom. The van der Waals surface area contributed by atoms with Crippen molar-refractivity contribution < 1.29 is 13.9 Å². The van der Waals surface area contributed by atoms with Crippen molar-refractivity contribution in [2.45, 2.75) is 46.5 Å². The molecule has 150 valence electrons. The van der Waals surface area contributed by atoms with E-state index in [0.717, 1.165) is 63.3 Å². The van der Waals surface area contributed by atoms with Crippen LogP contribution in [0.4, 0.5) is 5.69 Å². The first-order chi connectivity index (χ1) is 14.0. The maximum atomic E-state index is 12.6. The molecule has 0 fully saturated rings. The highest BCUT2D eigenvalue weighted by Crippen LogP contribution is 2.41. The first-order valence-electron chi connectivity index (χ1n) is 10.2. The fraction of sp³-hybridized carbons (Fsp3) is 0.320. The molecule has 3 aromatic rings. The average molecular weight is 389 g/mol. The highest BCUT2D eigenvalue weighted by Gasteiger charge is 2.23. The van der Waals surface area contributed by atoms with E-state index >= 15 is 0 Å². The Bertz CT molecular complexity index is 1100. The normalized spacial score (nSPS) is 14.0. The van der Waals surface area contributed by atoms with E-state index in [9.17, 15) is 4.79 Å². The van der Waals surface area contributed by atoms with Crippen LogP contribution in [0, 0.1) is 13.8 Å². The number of allylic oxidation sites excluding steroid dienone is 1. The number of hydrogen-bond donors (Lipinski definition) is 1. The number of carbonyl (C=O) groups excluding carboxylic acids is 1. The van der Waals surface area contributed by atoms with Crippen LogP contribution in [-0.4, -0.2) is 13.0 Å². The lowest BCUT2D eigenvalue weighted by molar-refractivity contribution is -0.111. The number of nitrogens with one attached hydrogen (secondary N) is 1. The standard InChI is InChI=1S/C25H27NO3/c1-15-9-11-18(12-10-15)26-23(27)13-16(2)20-14-21-19-7-5-6-8-22(19)29-25(21)17(3)24(20)28-4/h9-14H,5-8H2,1-4H3,(H,26,27)/b16-13+. The number of ether oxygens (including phenoxy) is 1. The van der Waals surface area contributed by atoms with Crippen molar-refractivity contribution in [2.75, 3.05) is 12.4 Å². The molecule has 1 aromatic heterocycles. The van der Waals surface area contributed by atoms with E-state index in [1.165, 1.54) is 18.4 Å². The van der Waals surface area contributed by atoms with Gasteiger partial charge in [-0.25, -0.2) is 0 Å². The molecule has 1 aliphatic carbocycles. The topological polar surface area (TPSA) is 51.5 Å². The summed E-state index contributed by atoms with van der Waals surface area (Å²) in [6.45, 7) is 6.00. The van der Waals surface area contributed by atoms with Crippen LogP contribution in [0.1, 0.15) is 47.8 Å². The van der Waals surface area contributed by atoms with E-state index in [4.69, 9.17) is 9.15 Å². The average Bonchev–Trinajstić information content (AvgIpc) is 3.08. The lowest BCUT2D eigenvalue weighted by Crippen LogP contribution is -2.08. The summed E-state index contributed by atoms with van der Waals surface area (Å²) in [4.78, 5) is 12.6. The number of methoxy groups -OCH3 is 1. The van der Waals surface area contributed by atoms with Gasteiger partial charge >= 0.3 is 0 Å². The molecule has 2 aromatic carbocycles. The molecule has 0 spiro atoms.